The molecular formula is C9H10ClF3N2. The highest BCUT2D eigenvalue weighted by Crippen LogP contribution is 2.35. The Morgan fingerprint density at radius 3 is 2.47 bits per heavy atom. The van der Waals surface area contributed by atoms with Crippen molar-refractivity contribution in [3.05, 3.63) is 35.1 Å². The second-order valence-electron chi connectivity index (χ2n) is 3.14. The first-order valence-corrected chi connectivity index (χ1v) is 4.53. The molecule has 0 fully saturated rings. The maximum absolute atomic E-state index is 12.9. The van der Waals surface area contributed by atoms with E-state index in [4.69, 9.17) is 17.4 Å². The Labute approximate surface area is 90.2 Å². The molecule has 0 aliphatic rings. The Balaban J connectivity index is 3.13. The lowest BCUT2D eigenvalue weighted by molar-refractivity contribution is 0.0495. The number of nitrogens with one attached hydrogen (secondary N) is 1. The standard InChI is InChI=1S/C9H10ClF3N2/c1-5-4-6(11)2-3-7(5)8(15-14)9(10,12)13/h2-4,8,15H,14H2,1H3. The first-order valence-electron chi connectivity index (χ1n) is 4.15. The summed E-state index contributed by atoms with van der Waals surface area (Å²) >= 11 is 4.88. The van der Waals surface area contributed by atoms with Crippen LogP contribution in [-0.2, 0) is 0 Å². The van der Waals surface area contributed by atoms with Gasteiger partial charge in [0.2, 0.25) is 0 Å². The Morgan fingerprint density at radius 1 is 1.47 bits per heavy atom. The number of alkyl halides is 3. The summed E-state index contributed by atoms with van der Waals surface area (Å²) in [5.74, 6) is 4.49. The largest absolute Gasteiger partial charge is 0.342 e. The van der Waals surface area contributed by atoms with Crippen LogP contribution in [0.2, 0.25) is 0 Å². The molecule has 1 rings (SSSR count). The maximum Gasteiger partial charge on any atom is 0.342 e. The number of hydrazine groups is 1. The molecule has 0 bridgehead atoms. The third-order valence-electron chi connectivity index (χ3n) is 2.04. The molecule has 84 valence electrons. The first kappa shape index (κ1) is 12.3. The molecule has 1 atom stereocenters. The first-order chi connectivity index (χ1) is 6.86. The van der Waals surface area contributed by atoms with E-state index in [1.807, 2.05) is 5.43 Å². The van der Waals surface area contributed by atoms with Crippen LogP contribution in [0.4, 0.5) is 13.2 Å². The zero-order valence-corrected chi connectivity index (χ0v) is 8.65. The summed E-state index contributed by atoms with van der Waals surface area (Å²) in [6, 6.07) is 1.91. The van der Waals surface area contributed by atoms with Gasteiger partial charge in [0.15, 0.2) is 0 Å². The van der Waals surface area contributed by atoms with Crippen LogP contribution in [0.1, 0.15) is 17.2 Å². The molecule has 0 aromatic heterocycles. The molecule has 15 heavy (non-hydrogen) atoms. The molecule has 1 unspecified atom stereocenters. The summed E-state index contributed by atoms with van der Waals surface area (Å²) < 4.78 is 38.5. The maximum atomic E-state index is 12.9. The highest BCUT2D eigenvalue weighted by Gasteiger charge is 2.38. The van der Waals surface area contributed by atoms with Gasteiger partial charge in [-0.3, -0.25) is 5.84 Å². The van der Waals surface area contributed by atoms with Crippen molar-refractivity contribution >= 4 is 11.6 Å². The molecule has 6 heteroatoms. The van der Waals surface area contributed by atoms with Crippen molar-refractivity contribution in [2.24, 2.45) is 5.84 Å². The van der Waals surface area contributed by atoms with E-state index < -0.39 is 17.2 Å². The van der Waals surface area contributed by atoms with Crippen LogP contribution in [-0.4, -0.2) is 5.38 Å². The van der Waals surface area contributed by atoms with Gasteiger partial charge < -0.3 is 0 Å². The number of aryl methyl sites for hydroxylation is 1. The summed E-state index contributed by atoms with van der Waals surface area (Å²) in [7, 11) is 0. The summed E-state index contributed by atoms with van der Waals surface area (Å²) in [5, 5.41) is -3.53. The molecular weight excluding hydrogens is 229 g/mol. The molecule has 0 saturated carbocycles. The minimum absolute atomic E-state index is 0.166. The molecule has 1 aromatic rings. The number of hydrogen-bond acceptors (Lipinski definition) is 2. The third-order valence-corrected chi connectivity index (χ3v) is 2.26. The highest BCUT2D eigenvalue weighted by molar-refractivity contribution is 6.22. The van der Waals surface area contributed by atoms with Crippen LogP contribution >= 0.6 is 11.6 Å². The lowest BCUT2D eigenvalue weighted by Gasteiger charge is -2.22. The molecule has 0 aliphatic heterocycles. The molecule has 0 saturated heterocycles. The molecule has 0 heterocycles. The molecule has 1 aromatic carbocycles. The third kappa shape index (κ3) is 2.84. The average Bonchev–Trinajstić information content (AvgIpc) is 2.07. The minimum atomic E-state index is -3.53. The van der Waals surface area contributed by atoms with Gasteiger partial charge in [0.25, 0.3) is 0 Å². The van der Waals surface area contributed by atoms with E-state index in [9.17, 15) is 13.2 Å². The Bertz CT molecular complexity index is 352. The lowest BCUT2D eigenvalue weighted by atomic mass is 10.0. The molecule has 0 radical (unpaired) electrons. The summed E-state index contributed by atoms with van der Waals surface area (Å²) in [6.07, 6.45) is 0. The van der Waals surface area contributed by atoms with Gasteiger partial charge >= 0.3 is 5.38 Å². The van der Waals surface area contributed by atoms with Crippen molar-refractivity contribution in [3.63, 3.8) is 0 Å². The van der Waals surface area contributed by atoms with Gasteiger partial charge in [-0.05, 0) is 41.8 Å². The van der Waals surface area contributed by atoms with E-state index in [1.54, 1.807) is 0 Å². The van der Waals surface area contributed by atoms with Gasteiger partial charge in [0, 0.05) is 0 Å². The van der Waals surface area contributed by atoms with E-state index in [0.29, 0.717) is 5.56 Å². The summed E-state index contributed by atoms with van der Waals surface area (Å²) in [6.45, 7) is 1.51. The van der Waals surface area contributed by atoms with E-state index in [0.717, 1.165) is 12.1 Å². The quantitative estimate of drug-likeness (QED) is 0.482. The number of hydrogen-bond donors (Lipinski definition) is 2. The smallest absolute Gasteiger partial charge is 0.271 e. The van der Waals surface area contributed by atoms with Gasteiger partial charge in [-0.25, -0.2) is 9.82 Å². The summed E-state index contributed by atoms with van der Waals surface area (Å²) in [5.41, 5.74) is 2.44. The number of nitrogens with two attached hydrogens (primary N) is 1. The topological polar surface area (TPSA) is 38.0 Å². The van der Waals surface area contributed by atoms with Gasteiger partial charge in [-0.1, -0.05) is 6.07 Å². The Morgan fingerprint density at radius 2 is 2.07 bits per heavy atom. The van der Waals surface area contributed by atoms with Crippen LogP contribution in [0, 0.1) is 12.7 Å². The van der Waals surface area contributed by atoms with Crippen molar-refractivity contribution in [1.82, 2.24) is 5.43 Å². The van der Waals surface area contributed by atoms with Gasteiger partial charge in [-0.15, -0.1) is 0 Å². The fourth-order valence-corrected chi connectivity index (χ4v) is 1.50. The van der Waals surface area contributed by atoms with Crippen LogP contribution in [0.5, 0.6) is 0 Å². The second kappa shape index (κ2) is 4.38. The zero-order valence-electron chi connectivity index (χ0n) is 7.90. The van der Waals surface area contributed by atoms with Crippen molar-refractivity contribution in [2.75, 3.05) is 0 Å². The van der Waals surface area contributed by atoms with Crippen molar-refractivity contribution < 1.29 is 13.2 Å². The van der Waals surface area contributed by atoms with Gasteiger partial charge in [0.05, 0.1) is 0 Å². The van der Waals surface area contributed by atoms with Crippen molar-refractivity contribution in [1.29, 1.82) is 0 Å². The SMILES string of the molecule is Cc1cc(F)ccc1C(NN)C(F)(F)Cl. The number of rotatable bonds is 3. The Hall–Kier alpha value is -0.780. The molecule has 3 N–H and O–H groups in total. The monoisotopic (exact) mass is 238 g/mol. The highest BCUT2D eigenvalue weighted by atomic mass is 35.5. The molecule has 0 aliphatic carbocycles. The normalized spacial score (nSPS) is 14.0. The van der Waals surface area contributed by atoms with Crippen LogP contribution in [0.25, 0.3) is 0 Å². The number of halogens is 4. The van der Waals surface area contributed by atoms with E-state index >= 15 is 0 Å². The van der Waals surface area contributed by atoms with Crippen LogP contribution < -0.4 is 11.3 Å². The fourth-order valence-electron chi connectivity index (χ4n) is 1.32. The van der Waals surface area contributed by atoms with Crippen LogP contribution in [0.3, 0.4) is 0 Å². The molecule has 0 spiro atoms. The molecule has 2 nitrogen and oxygen atoms in total. The fraction of sp³-hybridized carbons (Fsp3) is 0.333. The lowest BCUT2D eigenvalue weighted by Crippen LogP contribution is -2.38. The van der Waals surface area contributed by atoms with Gasteiger partial charge in [0.1, 0.15) is 11.9 Å². The summed E-state index contributed by atoms with van der Waals surface area (Å²) in [4.78, 5) is 0. The van der Waals surface area contributed by atoms with E-state index in [1.165, 1.54) is 13.0 Å². The Kier molecular flexibility index (Phi) is 3.59. The predicted molar refractivity (Wildman–Crippen MR) is 52.0 cm³/mol. The minimum Gasteiger partial charge on any atom is -0.271 e. The molecule has 0 amide bonds. The second-order valence-corrected chi connectivity index (χ2v) is 3.65. The number of benzene rings is 1. The average molecular weight is 239 g/mol. The van der Waals surface area contributed by atoms with Gasteiger partial charge in [-0.2, -0.15) is 8.78 Å². The van der Waals surface area contributed by atoms with Crippen molar-refractivity contribution in [2.45, 2.75) is 18.3 Å². The van der Waals surface area contributed by atoms with Crippen LogP contribution in [0.15, 0.2) is 18.2 Å². The van der Waals surface area contributed by atoms with E-state index in [2.05, 4.69) is 0 Å². The van der Waals surface area contributed by atoms with Crippen molar-refractivity contribution in [3.8, 4) is 0 Å². The predicted octanol–water partition coefficient (Wildman–Crippen LogP) is 2.47. The zero-order chi connectivity index (χ0) is 11.6. The van der Waals surface area contributed by atoms with E-state index in [-0.39, 0.29) is 5.56 Å².